The van der Waals surface area contributed by atoms with Crippen molar-refractivity contribution >= 4 is 11.6 Å². The normalized spacial score (nSPS) is 10.2. The van der Waals surface area contributed by atoms with Crippen molar-refractivity contribution in [2.45, 2.75) is 6.92 Å². The molecule has 0 aliphatic rings. The van der Waals surface area contributed by atoms with Crippen LogP contribution in [0.15, 0.2) is 42.7 Å². The molecule has 5 heteroatoms. The third kappa shape index (κ3) is 2.93. The van der Waals surface area contributed by atoms with Crippen LogP contribution in [0.5, 0.6) is 5.75 Å². The Hall–Kier alpha value is -2.43. The fourth-order valence-corrected chi connectivity index (χ4v) is 1.84. The number of anilines is 1. The van der Waals surface area contributed by atoms with Crippen molar-refractivity contribution in [3.05, 3.63) is 54.1 Å². The Labute approximate surface area is 116 Å². The van der Waals surface area contributed by atoms with Crippen LogP contribution in [-0.2, 0) is 0 Å². The highest BCUT2D eigenvalue weighted by atomic mass is 19.1. The molecule has 1 aromatic carbocycles. The van der Waals surface area contributed by atoms with Gasteiger partial charge in [0.1, 0.15) is 11.6 Å². The lowest BCUT2D eigenvalue weighted by molar-refractivity contribution is 0.0991. The fourth-order valence-electron chi connectivity index (χ4n) is 1.84. The summed E-state index contributed by atoms with van der Waals surface area (Å²) in [4.78, 5) is 17.4. The first-order valence-corrected chi connectivity index (χ1v) is 6.24. The van der Waals surface area contributed by atoms with Gasteiger partial charge in [-0.15, -0.1) is 0 Å². The first kappa shape index (κ1) is 14.0. The molecule has 1 amide bonds. The zero-order chi connectivity index (χ0) is 14.5. The molecular weight excluding hydrogens is 259 g/mol. The number of para-hydroxylation sites is 2. The van der Waals surface area contributed by atoms with E-state index in [1.54, 1.807) is 19.2 Å². The number of halogens is 1. The highest BCUT2D eigenvalue weighted by molar-refractivity contribution is 6.06. The van der Waals surface area contributed by atoms with E-state index in [-0.39, 0.29) is 11.5 Å². The summed E-state index contributed by atoms with van der Waals surface area (Å²) in [5.74, 6) is -0.276. The lowest BCUT2D eigenvalue weighted by Gasteiger charge is -2.20. The third-order valence-electron chi connectivity index (χ3n) is 2.78. The van der Waals surface area contributed by atoms with Crippen molar-refractivity contribution in [1.82, 2.24) is 4.98 Å². The van der Waals surface area contributed by atoms with Gasteiger partial charge in [-0.3, -0.25) is 9.78 Å². The average Bonchev–Trinajstić information content (AvgIpc) is 2.47. The van der Waals surface area contributed by atoms with E-state index in [1.165, 1.54) is 11.1 Å². The molecule has 0 unspecified atom stereocenters. The van der Waals surface area contributed by atoms with Crippen molar-refractivity contribution in [2.75, 3.05) is 18.6 Å². The summed E-state index contributed by atoms with van der Waals surface area (Å²) in [6.07, 6.45) is 2.40. The number of pyridine rings is 1. The van der Waals surface area contributed by atoms with Crippen molar-refractivity contribution in [1.29, 1.82) is 0 Å². The van der Waals surface area contributed by atoms with E-state index in [9.17, 15) is 9.18 Å². The predicted octanol–water partition coefficient (Wildman–Crippen LogP) is 2.90. The Morgan fingerprint density at radius 2 is 2.10 bits per heavy atom. The standard InChI is InChI=1S/C15H15FN2O2/c1-3-20-14-7-5-4-6-13(14)18(2)15(19)11-8-12(16)10-17-9-11/h4-10H,3H2,1-2H3. The number of ether oxygens (including phenoxy) is 1. The SMILES string of the molecule is CCOc1ccccc1N(C)C(=O)c1cncc(F)c1. The number of benzene rings is 1. The van der Waals surface area contributed by atoms with Gasteiger partial charge in [-0.2, -0.15) is 0 Å². The number of carbonyl (C=O) groups is 1. The predicted molar refractivity (Wildman–Crippen MR) is 74.5 cm³/mol. The van der Waals surface area contributed by atoms with Crippen molar-refractivity contribution in [2.24, 2.45) is 0 Å². The zero-order valence-electron chi connectivity index (χ0n) is 11.3. The number of rotatable bonds is 4. The average molecular weight is 274 g/mol. The molecule has 0 aliphatic carbocycles. The Morgan fingerprint density at radius 1 is 1.35 bits per heavy atom. The molecule has 0 radical (unpaired) electrons. The van der Waals surface area contributed by atoms with Gasteiger partial charge in [-0.1, -0.05) is 12.1 Å². The summed E-state index contributed by atoms with van der Waals surface area (Å²) in [5.41, 5.74) is 0.822. The van der Waals surface area contributed by atoms with Crippen LogP contribution >= 0.6 is 0 Å². The first-order valence-electron chi connectivity index (χ1n) is 6.24. The van der Waals surface area contributed by atoms with Crippen LogP contribution in [0.25, 0.3) is 0 Å². The minimum Gasteiger partial charge on any atom is -0.492 e. The van der Waals surface area contributed by atoms with Crippen LogP contribution in [-0.4, -0.2) is 24.5 Å². The van der Waals surface area contributed by atoms with Crippen molar-refractivity contribution < 1.29 is 13.9 Å². The molecule has 0 N–H and O–H groups in total. The van der Waals surface area contributed by atoms with E-state index in [2.05, 4.69) is 4.98 Å². The van der Waals surface area contributed by atoms with Crippen molar-refractivity contribution in [3.8, 4) is 5.75 Å². The molecule has 0 spiro atoms. The molecule has 2 aromatic rings. The Balaban J connectivity index is 2.31. The number of aromatic nitrogens is 1. The number of hydrogen-bond acceptors (Lipinski definition) is 3. The second-order valence-electron chi connectivity index (χ2n) is 4.16. The zero-order valence-corrected chi connectivity index (χ0v) is 11.3. The molecule has 0 atom stereocenters. The summed E-state index contributed by atoms with van der Waals surface area (Å²) in [7, 11) is 1.62. The van der Waals surface area contributed by atoms with E-state index >= 15 is 0 Å². The van der Waals surface area contributed by atoms with Crippen LogP contribution in [0.1, 0.15) is 17.3 Å². The van der Waals surface area contributed by atoms with E-state index < -0.39 is 5.82 Å². The van der Waals surface area contributed by atoms with Gasteiger partial charge in [0.25, 0.3) is 5.91 Å². The maximum Gasteiger partial charge on any atom is 0.259 e. The smallest absolute Gasteiger partial charge is 0.259 e. The van der Waals surface area contributed by atoms with Crippen LogP contribution in [0.3, 0.4) is 0 Å². The molecule has 0 saturated carbocycles. The molecule has 0 bridgehead atoms. The topological polar surface area (TPSA) is 42.4 Å². The molecule has 104 valence electrons. The number of carbonyl (C=O) groups excluding carboxylic acids is 1. The van der Waals surface area contributed by atoms with Gasteiger partial charge in [0.05, 0.1) is 24.1 Å². The van der Waals surface area contributed by atoms with Gasteiger partial charge >= 0.3 is 0 Å². The molecule has 1 heterocycles. The molecule has 0 saturated heterocycles. The van der Waals surface area contributed by atoms with Gasteiger partial charge in [0, 0.05) is 13.2 Å². The van der Waals surface area contributed by atoms with Crippen LogP contribution in [0.2, 0.25) is 0 Å². The number of nitrogens with zero attached hydrogens (tertiary/aromatic N) is 2. The van der Waals surface area contributed by atoms with Crippen LogP contribution in [0.4, 0.5) is 10.1 Å². The van der Waals surface area contributed by atoms with Crippen molar-refractivity contribution in [3.63, 3.8) is 0 Å². The molecule has 20 heavy (non-hydrogen) atoms. The minimum absolute atomic E-state index is 0.193. The molecule has 2 rings (SSSR count). The second kappa shape index (κ2) is 6.14. The van der Waals surface area contributed by atoms with Crippen LogP contribution < -0.4 is 9.64 Å². The largest absolute Gasteiger partial charge is 0.492 e. The number of amides is 1. The Bertz CT molecular complexity index is 616. The molecular formula is C15H15FN2O2. The fraction of sp³-hybridized carbons (Fsp3) is 0.200. The molecule has 4 nitrogen and oxygen atoms in total. The maximum absolute atomic E-state index is 13.1. The van der Waals surface area contributed by atoms with E-state index in [0.29, 0.717) is 18.0 Å². The quantitative estimate of drug-likeness (QED) is 0.861. The molecule has 0 aliphatic heterocycles. The molecule has 0 fully saturated rings. The highest BCUT2D eigenvalue weighted by Crippen LogP contribution is 2.28. The van der Waals surface area contributed by atoms with E-state index in [1.807, 2.05) is 19.1 Å². The van der Waals surface area contributed by atoms with Gasteiger partial charge in [0.15, 0.2) is 0 Å². The summed E-state index contributed by atoms with van der Waals surface area (Å²) in [6, 6.07) is 8.36. The monoisotopic (exact) mass is 274 g/mol. The number of hydrogen-bond donors (Lipinski definition) is 0. The minimum atomic E-state index is -0.539. The van der Waals surface area contributed by atoms with E-state index in [0.717, 1.165) is 12.3 Å². The summed E-state index contributed by atoms with van der Waals surface area (Å²) >= 11 is 0. The summed E-state index contributed by atoms with van der Waals surface area (Å²) < 4.78 is 18.6. The Kier molecular flexibility index (Phi) is 4.30. The first-order chi connectivity index (χ1) is 9.63. The third-order valence-corrected chi connectivity index (χ3v) is 2.78. The Morgan fingerprint density at radius 3 is 2.80 bits per heavy atom. The summed E-state index contributed by atoms with van der Waals surface area (Å²) in [6.45, 7) is 2.37. The molecule has 1 aromatic heterocycles. The lowest BCUT2D eigenvalue weighted by atomic mass is 10.2. The van der Waals surface area contributed by atoms with Gasteiger partial charge < -0.3 is 9.64 Å². The van der Waals surface area contributed by atoms with E-state index in [4.69, 9.17) is 4.74 Å². The maximum atomic E-state index is 13.1. The highest BCUT2D eigenvalue weighted by Gasteiger charge is 2.17. The van der Waals surface area contributed by atoms with Crippen LogP contribution in [0, 0.1) is 5.82 Å². The van der Waals surface area contributed by atoms with Gasteiger partial charge in [-0.25, -0.2) is 4.39 Å². The second-order valence-corrected chi connectivity index (χ2v) is 4.16. The summed E-state index contributed by atoms with van der Waals surface area (Å²) in [5, 5.41) is 0. The van der Waals surface area contributed by atoms with Gasteiger partial charge in [0.2, 0.25) is 0 Å². The lowest BCUT2D eigenvalue weighted by Crippen LogP contribution is -2.27. The van der Waals surface area contributed by atoms with Gasteiger partial charge in [-0.05, 0) is 25.1 Å².